The van der Waals surface area contributed by atoms with Gasteiger partial charge in [0.2, 0.25) is 15.9 Å². The summed E-state index contributed by atoms with van der Waals surface area (Å²) >= 11 is 0. The quantitative estimate of drug-likeness (QED) is 0.806. The summed E-state index contributed by atoms with van der Waals surface area (Å²) in [6, 6.07) is 12.3. The molecule has 2 rings (SSSR count). The Labute approximate surface area is 162 Å². The second-order valence-electron chi connectivity index (χ2n) is 7.26. The van der Waals surface area contributed by atoms with Gasteiger partial charge in [0, 0.05) is 5.69 Å². The maximum atomic E-state index is 12.9. The normalized spacial score (nSPS) is 12.7. The van der Waals surface area contributed by atoms with Crippen molar-refractivity contribution in [2.24, 2.45) is 0 Å². The second-order valence-corrected chi connectivity index (χ2v) is 9.12. The van der Waals surface area contributed by atoms with Crippen molar-refractivity contribution in [3.05, 3.63) is 59.2 Å². The minimum absolute atomic E-state index is 0.238. The highest BCUT2D eigenvalue weighted by atomic mass is 32.2. The Hall–Kier alpha value is -2.34. The van der Waals surface area contributed by atoms with Gasteiger partial charge in [0.05, 0.1) is 11.9 Å². The average Bonchev–Trinajstić information content (AvgIpc) is 2.57. The number of hydrogen-bond donors (Lipinski definition) is 1. The van der Waals surface area contributed by atoms with Crippen molar-refractivity contribution in [1.29, 1.82) is 0 Å². The zero-order valence-corrected chi connectivity index (χ0v) is 17.6. The first-order valence-corrected chi connectivity index (χ1v) is 10.8. The van der Waals surface area contributed by atoms with Crippen LogP contribution in [-0.2, 0) is 14.8 Å². The molecule has 1 amide bonds. The summed E-state index contributed by atoms with van der Waals surface area (Å²) in [5, 5.41) is 2.90. The van der Waals surface area contributed by atoms with E-state index in [-0.39, 0.29) is 11.8 Å². The lowest BCUT2D eigenvalue weighted by molar-refractivity contribution is -0.116. The first-order chi connectivity index (χ1) is 12.5. The van der Waals surface area contributed by atoms with E-state index in [4.69, 9.17) is 0 Å². The van der Waals surface area contributed by atoms with Crippen molar-refractivity contribution in [3.63, 3.8) is 0 Å². The molecule has 5 nitrogen and oxygen atoms in total. The molecule has 1 N–H and O–H groups in total. The van der Waals surface area contributed by atoms with Crippen LogP contribution in [0.2, 0.25) is 0 Å². The number of nitrogens with one attached hydrogen (secondary N) is 1. The lowest BCUT2D eigenvalue weighted by Gasteiger charge is -2.30. The number of nitrogens with zero attached hydrogens (tertiary/aromatic N) is 1. The van der Waals surface area contributed by atoms with Crippen molar-refractivity contribution in [2.45, 2.75) is 46.6 Å². The van der Waals surface area contributed by atoms with Gasteiger partial charge in [0.1, 0.15) is 6.04 Å². The molecule has 0 saturated heterocycles. The van der Waals surface area contributed by atoms with Crippen LogP contribution in [0.15, 0.2) is 42.5 Å². The fourth-order valence-corrected chi connectivity index (χ4v) is 4.31. The number of anilines is 2. The molecule has 2 aromatic carbocycles. The average molecular weight is 389 g/mol. The Kier molecular flexibility index (Phi) is 6.31. The minimum atomic E-state index is -3.65. The summed E-state index contributed by atoms with van der Waals surface area (Å²) in [6.07, 6.45) is 1.13. The highest BCUT2D eigenvalue weighted by Crippen LogP contribution is 2.28. The molecular weight excluding hydrogens is 360 g/mol. The molecule has 0 unspecified atom stereocenters. The van der Waals surface area contributed by atoms with Crippen LogP contribution in [0.3, 0.4) is 0 Å². The van der Waals surface area contributed by atoms with Gasteiger partial charge in [-0.2, -0.15) is 0 Å². The van der Waals surface area contributed by atoms with Crippen LogP contribution in [-0.4, -0.2) is 26.6 Å². The third-order valence-corrected chi connectivity index (χ3v) is 5.76. The van der Waals surface area contributed by atoms with Gasteiger partial charge in [-0.15, -0.1) is 0 Å². The SMILES string of the molecule is Cc1ccc(C)c(N([C@@H](C)C(=O)Nc2ccccc2C(C)C)S(C)(=O)=O)c1. The topological polar surface area (TPSA) is 66.5 Å². The fraction of sp³-hybridized carbons (Fsp3) is 0.381. The Balaban J connectivity index is 2.41. The van der Waals surface area contributed by atoms with Crippen LogP contribution in [0.25, 0.3) is 0 Å². The van der Waals surface area contributed by atoms with Gasteiger partial charge in [-0.3, -0.25) is 9.10 Å². The van der Waals surface area contributed by atoms with Crippen LogP contribution >= 0.6 is 0 Å². The number of aryl methyl sites for hydroxylation is 2. The molecule has 0 saturated carbocycles. The summed E-state index contributed by atoms with van der Waals surface area (Å²) < 4.78 is 26.2. The van der Waals surface area contributed by atoms with Crippen molar-refractivity contribution in [1.82, 2.24) is 0 Å². The molecule has 0 heterocycles. The third kappa shape index (κ3) is 4.89. The largest absolute Gasteiger partial charge is 0.324 e. The highest BCUT2D eigenvalue weighted by molar-refractivity contribution is 7.92. The Morgan fingerprint density at radius 2 is 1.67 bits per heavy atom. The number of rotatable bonds is 6. The lowest BCUT2D eigenvalue weighted by Crippen LogP contribution is -2.45. The van der Waals surface area contributed by atoms with E-state index in [1.807, 2.05) is 64.1 Å². The summed E-state index contributed by atoms with van der Waals surface area (Å²) in [6.45, 7) is 9.44. The van der Waals surface area contributed by atoms with Crippen LogP contribution in [0, 0.1) is 13.8 Å². The molecular formula is C21H28N2O3S. The fourth-order valence-electron chi connectivity index (χ4n) is 3.09. The first-order valence-electron chi connectivity index (χ1n) is 8.98. The Bertz CT molecular complexity index is 936. The minimum Gasteiger partial charge on any atom is -0.324 e. The van der Waals surface area contributed by atoms with Gasteiger partial charge in [-0.1, -0.05) is 44.2 Å². The van der Waals surface area contributed by atoms with Crippen molar-refractivity contribution in [3.8, 4) is 0 Å². The van der Waals surface area contributed by atoms with E-state index in [2.05, 4.69) is 5.32 Å². The molecule has 0 aliphatic carbocycles. The number of carbonyl (C=O) groups is 1. The number of hydrogen-bond acceptors (Lipinski definition) is 3. The number of carbonyl (C=O) groups excluding carboxylic acids is 1. The van der Waals surface area contributed by atoms with Crippen molar-refractivity contribution < 1.29 is 13.2 Å². The van der Waals surface area contributed by atoms with Crippen LogP contribution in [0.1, 0.15) is 43.4 Å². The summed E-state index contributed by atoms with van der Waals surface area (Å²) in [7, 11) is -3.65. The molecule has 1 atom stereocenters. The number of benzene rings is 2. The predicted octanol–water partition coefficient (Wildman–Crippen LogP) is 4.22. The summed E-state index contributed by atoms with van der Waals surface area (Å²) in [5.74, 6) is -0.128. The van der Waals surface area contributed by atoms with E-state index in [0.717, 1.165) is 22.9 Å². The smallest absolute Gasteiger partial charge is 0.248 e. The first kappa shape index (κ1) is 21.0. The summed E-state index contributed by atoms with van der Waals surface area (Å²) in [4.78, 5) is 12.9. The standard InChI is InChI=1S/C21H28N2O3S/c1-14(2)18-9-7-8-10-19(18)22-21(24)17(5)23(27(6,25)26)20-13-15(3)11-12-16(20)4/h7-14,17H,1-6H3,(H,22,24)/t17-/m0/s1. The molecule has 0 spiro atoms. The summed E-state index contributed by atoms with van der Waals surface area (Å²) in [5.41, 5.74) is 3.97. The number of amides is 1. The van der Waals surface area contributed by atoms with Gasteiger partial charge < -0.3 is 5.32 Å². The van der Waals surface area contributed by atoms with E-state index in [1.54, 1.807) is 13.0 Å². The van der Waals surface area contributed by atoms with E-state index in [0.29, 0.717) is 11.4 Å². The number of para-hydroxylation sites is 1. The Morgan fingerprint density at radius 3 is 2.26 bits per heavy atom. The maximum Gasteiger partial charge on any atom is 0.248 e. The van der Waals surface area contributed by atoms with Gasteiger partial charge in [0.25, 0.3) is 0 Å². The van der Waals surface area contributed by atoms with Gasteiger partial charge in [-0.25, -0.2) is 8.42 Å². The van der Waals surface area contributed by atoms with Gasteiger partial charge >= 0.3 is 0 Å². The Morgan fingerprint density at radius 1 is 1.04 bits per heavy atom. The third-order valence-electron chi connectivity index (χ3n) is 4.53. The van der Waals surface area contributed by atoms with E-state index < -0.39 is 16.1 Å². The van der Waals surface area contributed by atoms with Gasteiger partial charge in [0.15, 0.2) is 0 Å². The zero-order chi connectivity index (χ0) is 20.4. The lowest BCUT2D eigenvalue weighted by atomic mass is 10.0. The molecule has 2 aromatic rings. The van der Waals surface area contributed by atoms with Crippen LogP contribution in [0.4, 0.5) is 11.4 Å². The molecule has 0 radical (unpaired) electrons. The van der Waals surface area contributed by atoms with E-state index >= 15 is 0 Å². The predicted molar refractivity (Wildman–Crippen MR) is 112 cm³/mol. The molecule has 0 aliphatic heterocycles. The second kappa shape index (κ2) is 8.13. The van der Waals surface area contributed by atoms with Crippen molar-refractivity contribution >= 4 is 27.3 Å². The maximum absolute atomic E-state index is 12.9. The number of sulfonamides is 1. The molecule has 0 bridgehead atoms. The molecule has 6 heteroatoms. The van der Waals surface area contributed by atoms with E-state index in [1.165, 1.54) is 4.31 Å². The monoisotopic (exact) mass is 388 g/mol. The molecule has 0 aromatic heterocycles. The molecule has 0 fully saturated rings. The zero-order valence-electron chi connectivity index (χ0n) is 16.8. The highest BCUT2D eigenvalue weighted by Gasteiger charge is 2.30. The van der Waals surface area contributed by atoms with E-state index in [9.17, 15) is 13.2 Å². The van der Waals surface area contributed by atoms with Crippen LogP contribution < -0.4 is 9.62 Å². The van der Waals surface area contributed by atoms with Crippen molar-refractivity contribution in [2.75, 3.05) is 15.9 Å². The van der Waals surface area contributed by atoms with Crippen LogP contribution in [0.5, 0.6) is 0 Å². The molecule has 27 heavy (non-hydrogen) atoms. The molecule has 0 aliphatic rings. The van der Waals surface area contributed by atoms with Gasteiger partial charge in [-0.05, 0) is 55.5 Å². The molecule has 146 valence electrons.